The van der Waals surface area contributed by atoms with Crippen molar-refractivity contribution in [3.8, 4) is 0 Å². The van der Waals surface area contributed by atoms with Crippen molar-refractivity contribution in [2.45, 2.75) is 31.3 Å². The summed E-state index contributed by atoms with van der Waals surface area (Å²) in [5, 5.41) is 0. The highest BCUT2D eigenvalue weighted by atomic mass is 32.2. The molecule has 0 N–H and O–H groups in total. The van der Waals surface area contributed by atoms with Gasteiger partial charge in [-0.25, -0.2) is 18.0 Å². The lowest BCUT2D eigenvalue weighted by molar-refractivity contribution is 0.0192. The van der Waals surface area contributed by atoms with Crippen molar-refractivity contribution < 1.29 is 27.5 Å². The molecule has 0 aromatic heterocycles. The van der Waals surface area contributed by atoms with Crippen LogP contribution in [0.15, 0.2) is 29.2 Å². The molecule has 1 aliphatic rings. The Balaban J connectivity index is 2.08. The molecular weight excluding hydrogens is 360 g/mol. The third kappa shape index (κ3) is 4.73. The van der Waals surface area contributed by atoms with E-state index in [0.29, 0.717) is 0 Å². The van der Waals surface area contributed by atoms with E-state index in [-0.39, 0.29) is 36.6 Å². The van der Waals surface area contributed by atoms with Gasteiger partial charge in [-0.2, -0.15) is 4.31 Å². The summed E-state index contributed by atoms with van der Waals surface area (Å²) in [7, 11) is -2.53. The Kier molecular flexibility index (Phi) is 5.92. The number of carbonyl (C=O) groups is 2. The van der Waals surface area contributed by atoms with Crippen molar-refractivity contribution in [1.29, 1.82) is 0 Å². The topological polar surface area (TPSA) is 93.2 Å². The Hall–Kier alpha value is -2.13. The molecule has 2 rings (SSSR count). The number of piperazine rings is 1. The summed E-state index contributed by atoms with van der Waals surface area (Å²) in [5.41, 5.74) is -0.435. The van der Waals surface area contributed by atoms with Gasteiger partial charge in [-0.1, -0.05) is 6.07 Å². The number of esters is 1. The number of amides is 1. The minimum Gasteiger partial charge on any atom is -0.465 e. The molecule has 1 saturated heterocycles. The summed E-state index contributed by atoms with van der Waals surface area (Å²) in [6, 6.07) is 5.71. The zero-order valence-electron chi connectivity index (χ0n) is 15.4. The molecule has 1 aliphatic heterocycles. The van der Waals surface area contributed by atoms with Crippen LogP contribution < -0.4 is 0 Å². The Labute approximate surface area is 153 Å². The van der Waals surface area contributed by atoms with Crippen molar-refractivity contribution in [2.24, 2.45) is 0 Å². The van der Waals surface area contributed by atoms with E-state index in [4.69, 9.17) is 4.74 Å². The number of ether oxygens (including phenoxy) is 2. The molecule has 9 heteroatoms. The monoisotopic (exact) mass is 384 g/mol. The fourth-order valence-corrected chi connectivity index (χ4v) is 3.96. The lowest BCUT2D eigenvalue weighted by Crippen LogP contribution is -2.51. The van der Waals surface area contributed by atoms with Crippen molar-refractivity contribution in [1.82, 2.24) is 9.21 Å². The third-order valence-electron chi connectivity index (χ3n) is 3.78. The molecule has 1 aromatic carbocycles. The Morgan fingerprint density at radius 3 is 2.23 bits per heavy atom. The summed E-state index contributed by atoms with van der Waals surface area (Å²) in [6.45, 7) is 6.13. The molecule has 0 atom stereocenters. The van der Waals surface area contributed by atoms with Crippen LogP contribution in [-0.2, 0) is 19.5 Å². The van der Waals surface area contributed by atoms with Crippen molar-refractivity contribution in [3.63, 3.8) is 0 Å². The van der Waals surface area contributed by atoms with Crippen LogP contribution >= 0.6 is 0 Å². The molecule has 1 aromatic rings. The second kappa shape index (κ2) is 7.63. The zero-order chi connectivity index (χ0) is 19.5. The summed E-state index contributed by atoms with van der Waals surface area (Å²) < 4.78 is 36.8. The normalized spacial score (nSPS) is 16.2. The van der Waals surface area contributed by atoms with Crippen LogP contribution in [0.2, 0.25) is 0 Å². The highest BCUT2D eigenvalue weighted by Crippen LogP contribution is 2.20. The summed E-state index contributed by atoms with van der Waals surface area (Å²) in [4.78, 5) is 25.2. The average Bonchev–Trinajstić information content (AvgIpc) is 2.59. The number of nitrogens with zero attached hydrogens (tertiary/aromatic N) is 2. The van der Waals surface area contributed by atoms with Crippen molar-refractivity contribution in [2.75, 3.05) is 33.3 Å². The van der Waals surface area contributed by atoms with E-state index in [0.717, 1.165) is 0 Å². The minimum atomic E-state index is -3.76. The molecule has 0 saturated carbocycles. The SMILES string of the molecule is COC(=O)c1cccc(S(=O)(=O)N2CCN(C(=O)OC(C)(C)C)CC2)c1. The smallest absolute Gasteiger partial charge is 0.410 e. The van der Waals surface area contributed by atoms with Gasteiger partial charge >= 0.3 is 12.1 Å². The molecule has 0 bridgehead atoms. The maximum absolute atomic E-state index is 12.8. The second-order valence-corrected chi connectivity index (χ2v) is 8.83. The highest BCUT2D eigenvalue weighted by molar-refractivity contribution is 7.89. The van der Waals surface area contributed by atoms with Crippen LogP contribution in [0.25, 0.3) is 0 Å². The first-order valence-electron chi connectivity index (χ1n) is 8.21. The molecule has 0 unspecified atom stereocenters. The number of sulfonamides is 1. The molecule has 0 aliphatic carbocycles. The van der Waals surface area contributed by atoms with E-state index in [1.165, 1.54) is 40.6 Å². The Morgan fingerprint density at radius 1 is 1.08 bits per heavy atom. The quantitative estimate of drug-likeness (QED) is 0.737. The van der Waals surface area contributed by atoms with Crippen LogP contribution in [-0.4, -0.2) is 68.6 Å². The van der Waals surface area contributed by atoms with Gasteiger partial charge in [-0.3, -0.25) is 0 Å². The minimum absolute atomic E-state index is 0.0196. The van der Waals surface area contributed by atoms with Crippen LogP contribution in [0.3, 0.4) is 0 Å². The summed E-state index contributed by atoms with van der Waals surface area (Å²) >= 11 is 0. The van der Waals surface area contributed by atoms with E-state index in [1.807, 2.05) is 0 Å². The predicted molar refractivity (Wildman–Crippen MR) is 94.3 cm³/mol. The molecular formula is C17H24N2O6S. The van der Waals surface area contributed by atoms with Crippen LogP contribution in [0.1, 0.15) is 31.1 Å². The molecule has 1 amide bonds. The number of methoxy groups -OCH3 is 1. The second-order valence-electron chi connectivity index (χ2n) is 6.89. The number of carbonyl (C=O) groups excluding carboxylic acids is 2. The lowest BCUT2D eigenvalue weighted by Gasteiger charge is -2.35. The lowest BCUT2D eigenvalue weighted by atomic mass is 10.2. The fourth-order valence-electron chi connectivity index (χ4n) is 2.49. The summed E-state index contributed by atoms with van der Waals surface area (Å²) in [5.74, 6) is -0.600. The largest absolute Gasteiger partial charge is 0.465 e. The fraction of sp³-hybridized carbons (Fsp3) is 0.529. The molecule has 0 radical (unpaired) electrons. The van der Waals surface area contributed by atoms with Gasteiger partial charge in [0.15, 0.2) is 0 Å². The molecule has 0 spiro atoms. The maximum Gasteiger partial charge on any atom is 0.410 e. The Bertz CT molecular complexity index is 777. The van der Waals surface area contributed by atoms with Gasteiger partial charge in [0, 0.05) is 26.2 Å². The predicted octanol–water partition coefficient (Wildman–Crippen LogP) is 1.71. The van der Waals surface area contributed by atoms with E-state index in [2.05, 4.69) is 4.74 Å². The van der Waals surface area contributed by atoms with E-state index < -0.39 is 27.7 Å². The van der Waals surface area contributed by atoms with E-state index in [9.17, 15) is 18.0 Å². The molecule has 1 fully saturated rings. The van der Waals surface area contributed by atoms with E-state index in [1.54, 1.807) is 20.8 Å². The standard InChI is InChI=1S/C17H24N2O6S/c1-17(2,3)25-16(21)18-8-10-19(11-9-18)26(22,23)14-7-5-6-13(12-14)15(20)24-4/h5-7,12H,8-11H2,1-4H3. The highest BCUT2D eigenvalue weighted by Gasteiger charge is 2.32. The molecule has 8 nitrogen and oxygen atoms in total. The van der Waals surface area contributed by atoms with Gasteiger partial charge in [0.05, 0.1) is 17.6 Å². The summed E-state index contributed by atoms with van der Waals surface area (Å²) in [6.07, 6.45) is -0.456. The van der Waals surface area contributed by atoms with Crippen molar-refractivity contribution in [3.05, 3.63) is 29.8 Å². The number of hydrogen-bond donors (Lipinski definition) is 0. The number of benzene rings is 1. The third-order valence-corrected chi connectivity index (χ3v) is 5.68. The maximum atomic E-state index is 12.8. The van der Waals surface area contributed by atoms with Gasteiger partial charge in [0.2, 0.25) is 10.0 Å². The first-order chi connectivity index (χ1) is 12.0. The van der Waals surface area contributed by atoms with Crippen LogP contribution in [0.4, 0.5) is 4.79 Å². The first-order valence-corrected chi connectivity index (χ1v) is 9.65. The van der Waals surface area contributed by atoms with Gasteiger partial charge in [-0.15, -0.1) is 0 Å². The van der Waals surface area contributed by atoms with Gasteiger partial charge in [-0.05, 0) is 39.0 Å². The van der Waals surface area contributed by atoms with Gasteiger partial charge in [0.25, 0.3) is 0 Å². The first kappa shape index (κ1) is 20.2. The molecule has 144 valence electrons. The number of rotatable bonds is 3. The average molecular weight is 384 g/mol. The zero-order valence-corrected chi connectivity index (χ0v) is 16.2. The van der Waals surface area contributed by atoms with Gasteiger partial charge in [0.1, 0.15) is 5.60 Å². The number of hydrogen-bond acceptors (Lipinski definition) is 6. The van der Waals surface area contributed by atoms with E-state index >= 15 is 0 Å². The Morgan fingerprint density at radius 2 is 1.69 bits per heavy atom. The van der Waals surface area contributed by atoms with Crippen molar-refractivity contribution >= 4 is 22.1 Å². The van der Waals surface area contributed by atoms with Crippen LogP contribution in [0.5, 0.6) is 0 Å². The van der Waals surface area contributed by atoms with Crippen LogP contribution in [0, 0.1) is 0 Å². The van der Waals surface area contributed by atoms with Gasteiger partial charge < -0.3 is 14.4 Å². The molecule has 1 heterocycles. The molecule has 26 heavy (non-hydrogen) atoms.